The molecule has 1 amide bonds. The van der Waals surface area contributed by atoms with E-state index in [1.165, 1.54) is 28.5 Å². The van der Waals surface area contributed by atoms with Gasteiger partial charge in [0.1, 0.15) is 23.2 Å². The summed E-state index contributed by atoms with van der Waals surface area (Å²) in [5.41, 5.74) is 2.37. The van der Waals surface area contributed by atoms with Gasteiger partial charge in [0, 0.05) is 23.6 Å². The van der Waals surface area contributed by atoms with Crippen molar-refractivity contribution < 1.29 is 9.21 Å². The zero-order valence-corrected chi connectivity index (χ0v) is 15.3. The molecule has 6 heteroatoms. The maximum atomic E-state index is 12.3. The monoisotopic (exact) mass is 363 g/mol. The van der Waals surface area contributed by atoms with Crippen LogP contribution in [0.2, 0.25) is 0 Å². The van der Waals surface area contributed by atoms with E-state index < -0.39 is 5.91 Å². The van der Waals surface area contributed by atoms with Gasteiger partial charge in [-0.2, -0.15) is 5.26 Å². The van der Waals surface area contributed by atoms with Gasteiger partial charge in [0.05, 0.1) is 0 Å². The second-order valence-electron chi connectivity index (χ2n) is 5.87. The van der Waals surface area contributed by atoms with Gasteiger partial charge in [0.2, 0.25) is 0 Å². The highest BCUT2D eigenvalue weighted by Gasteiger charge is 2.13. The molecule has 0 saturated heterocycles. The molecular formula is C20H17N3O2S. The number of aryl methyl sites for hydroxylation is 2. The smallest absolute Gasteiger partial charge is 0.268 e. The van der Waals surface area contributed by atoms with Gasteiger partial charge in [-0.3, -0.25) is 10.1 Å². The maximum absolute atomic E-state index is 12.3. The Balaban J connectivity index is 1.67. The summed E-state index contributed by atoms with van der Waals surface area (Å²) in [6.07, 6.45) is 3.91. The van der Waals surface area contributed by atoms with Crippen LogP contribution in [-0.4, -0.2) is 10.9 Å². The summed E-state index contributed by atoms with van der Waals surface area (Å²) in [7, 11) is 0. The summed E-state index contributed by atoms with van der Waals surface area (Å²) in [6.45, 7) is 3.85. The molecule has 0 aliphatic heterocycles. The molecule has 0 fully saturated rings. The fraction of sp³-hybridized carbons (Fsp3) is 0.150. The molecule has 1 aromatic carbocycles. The van der Waals surface area contributed by atoms with Crippen molar-refractivity contribution in [1.29, 1.82) is 5.26 Å². The standard InChI is InChI=1S/C20H17N3O2S/c1-13-3-6-15(7-4-13)9-18-12-22-20(26-18)23-19(24)16(11-21)10-17-8-5-14(2)25-17/h3-8,10,12H,9H2,1-2H3,(H,22,23,24)/b16-10-. The first kappa shape index (κ1) is 17.6. The average molecular weight is 363 g/mol. The Morgan fingerprint density at radius 1 is 1.27 bits per heavy atom. The summed E-state index contributed by atoms with van der Waals surface area (Å²) in [6, 6.07) is 13.7. The number of aromatic nitrogens is 1. The number of benzene rings is 1. The SMILES string of the molecule is Cc1ccc(Cc2cnc(NC(=O)/C(C#N)=C\c3ccc(C)o3)s2)cc1. The van der Waals surface area contributed by atoms with Crippen molar-refractivity contribution >= 4 is 28.5 Å². The molecule has 0 unspecified atom stereocenters. The zero-order valence-electron chi connectivity index (χ0n) is 14.4. The summed E-state index contributed by atoms with van der Waals surface area (Å²) < 4.78 is 5.37. The number of nitrogens with one attached hydrogen (secondary N) is 1. The Morgan fingerprint density at radius 2 is 2.04 bits per heavy atom. The second-order valence-corrected chi connectivity index (χ2v) is 6.98. The molecule has 130 valence electrons. The lowest BCUT2D eigenvalue weighted by Crippen LogP contribution is -2.13. The number of amides is 1. The third-order valence-corrected chi connectivity index (χ3v) is 4.60. The molecule has 0 atom stereocenters. The van der Waals surface area contributed by atoms with E-state index in [2.05, 4.69) is 41.5 Å². The van der Waals surface area contributed by atoms with Crippen LogP contribution in [0.25, 0.3) is 6.08 Å². The van der Waals surface area contributed by atoms with Crippen LogP contribution in [0.3, 0.4) is 0 Å². The molecule has 0 bridgehead atoms. The van der Waals surface area contributed by atoms with E-state index >= 15 is 0 Å². The van der Waals surface area contributed by atoms with Crippen LogP contribution in [-0.2, 0) is 11.2 Å². The Bertz CT molecular complexity index is 991. The predicted octanol–water partition coefficient (Wildman–Crippen LogP) is 4.49. The highest BCUT2D eigenvalue weighted by atomic mass is 32.1. The highest BCUT2D eigenvalue weighted by molar-refractivity contribution is 7.15. The van der Waals surface area contributed by atoms with Crippen molar-refractivity contribution in [3.05, 3.63) is 75.7 Å². The van der Waals surface area contributed by atoms with Crippen LogP contribution < -0.4 is 5.32 Å². The van der Waals surface area contributed by atoms with E-state index in [9.17, 15) is 10.1 Å². The van der Waals surface area contributed by atoms with Gasteiger partial charge in [-0.25, -0.2) is 4.98 Å². The lowest BCUT2D eigenvalue weighted by atomic mass is 10.1. The fourth-order valence-corrected chi connectivity index (χ4v) is 3.18. The van der Waals surface area contributed by atoms with E-state index in [-0.39, 0.29) is 5.57 Å². The maximum Gasteiger partial charge on any atom is 0.268 e. The first-order valence-electron chi connectivity index (χ1n) is 8.03. The van der Waals surface area contributed by atoms with Crippen LogP contribution in [0.4, 0.5) is 5.13 Å². The lowest BCUT2D eigenvalue weighted by molar-refractivity contribution is -0.112. The zero-order chi connectivity index (χ0) is 18.5. The number of nitrogens with zero attached hydrogens (tertiary/aromatic N) is 2. The third-order valence-electron chi connectivity index (χ3n) is 3.69. The number of nitriles is 1. The Morgan fingerprint density at radius 3 is 2.69 bits per heavy atom. The van der Waals surface area contributed by atoms with Gasteiger partial charge in [0.25, 0.3) is 5.91 Å². The van der Waals surface area contributed by atoms with E-state index in [0.717, 1.165) is 17.1 Å². The topological polar surface area (TPSA) is 78.9 Å². The van der Waals surface area contributed by atoms with Gasteiger partial charge in [-0.05, 0) is 31.5 Å². The minimum Gasteiger partial charge on any atom is -0.462 e. The number of thiazole rings is 1. The van der Waals surface area contributed by atoms with Crippen LogP contribution in [0.5, 0.6) is 0 Å². The number of rotatable bonds is 5. The molecule has 5 nitrogen and oxygen atoms in total. The summed E-state index contributed by atoms with van der Waals surface area (Å²) in [5, 5.41) is 12.4. The van der Waals surface area contributed by atoms with Gasteiger partial charge in [0.15, 0.2) is 5.13 Å². The van der Waals surface area contributed by atoms with Crippen LogP contribution in [0.15, 0.2) is 52.6 Å². The van der Waals surface area contributed by atoms with Crippen LogP contribution in [0, 0.1) is 25.2 Å². The number of anilines is 1. The molecule has 1 N–H and O–H groups in total. The Labute approximate surface area is 155 Å². The minimum absolute atomic E-state index is 0.0327. The molecule has 3 aromatic rings. The molecule has 2 heterocycles. The van der Waals surface area contributed by atoms with Crippen molar-refractivity contribution in [2.75, 3.05) is 5.32 Å². The number of hydrogen-bond acceptors (Lipinski definition) is 5. The van der Waals surface area contributed by atoms with Gasteiger partial charge >= 0.3 is 0 Å². The summed E-state index contributed by atoms with van der Waals surface area (Å²) >= 11 is 1.40. The number of hydrogen-bond donors (Lipinski definition) is 1. The minimum atomic E-state index is -0.502. The molecule has 0 spiro atoms. The molecule has 0 aliphatic rings. The van der Waals surface area contributed by atoms with Crippen LogP contribution in [0.1, 0.15) is 27.5 Å². The van der Waals surface area contributed by atoms with Crippen molar-refractivity contribution in [3.8, 4) is 6.07 Å². The summed E-state index contributed by atoms with van der Waals surface area (Å²) in [5.74, 6) is 0.681. The average Bonchev–Trinajstić information content (AvgIpc) is 3.23. The predicted molar refractivity (Wildman–Crippen MR) is 102 cm³/mol. The summed E-state index contributed by atoms with van der Waals surface area (Å²) in [4.78, 5) is 17.5. The highest BCUT2D eigenvalue weighted by Crippen LogP contribution is 2.22. The number of carbonyl (C=O) groups is 1. The fourth-order valence-electron chi connectivity index (χ4n) is 2.34. The lowest BCUT2D eigenvalue weighted by Gasteiger charge is -2.00. The molecule has 0 radical (unpaired) electrons. The van der Waals surface area contributed by atoms with Crippen LogP contribution >= 0.6 is 11.3 Å². The normalized spacial score (nSPS) is 11.2. The molecule has 3 rings (SSSR count). The first-order chi connectivity index (χ1) is 12.5. The van der Waals surface area contributed by atoms with Crippen molar-refractivity contribution in [2.45, 2.75) is 20.3 Å². The Hall–Kier alpha value is -3.17. The van der Waals surface area contributed by atoms with Crippen molar-refractivity contribution in [1.82, 2.24) is 4.98 Å². The van der Waals surface area contributed by atoms with E-state index in [4.69, 9.17) is 4.42 Å². The molecule has 26 heavy (non-hydrogen) atoms. The second kappa shape index (κ2) is 7.81. The first-order valence-corrected chi connectivity index (χ1v) is 8.85. The largest absolute Gasteiger partial charge is 0.462 e. The number of furan rings is 1. The quantitative estimate of drug-likeness (QED) is 0.535. The van der Waals surface area contributed by atoms with Gasteiger partial charge in [-0.15, -0.1) is 11.3 Å². The van der Waals surface area contributed by atoms with Crippen molar-refractivity contribution in [3.63, 3.8) is 0 Å². The van der Waals surface area contributed by atoms with E-state index in [1.54, 1.807) is 25.3 Å². The molecular weight excluding hydrogens is 346 g/mol. The Kier molecular flexibility index (Phi) is 5.30. The third kappa shape index (κ3) is 4.47. The molecule has 0 saturated carbocycles. The van der Waals surface area contributed by atoms with Crippen molar-refractivity contribution in [2.24, 2.45) is 0 Å². The molecule has 2 aromatic heterocycles. The number of carbonyl (C=O) groups excluding carboxylic acids is 1. The van der Waals surface area contributed by atoms with E-state index in [1.807, 2.05) is 6.07 Å². The van der Waals surface area contributed by atoms with E-state index in [0.29, 0.717) is 10.9 Å². The van der Waals surface area contributed by atoms with Gasteiger partial charge < -0.3 is 4.42 Å². The molecule has 0 aliphatic carbocycles. The van der Waals surface area contributed by atoms with Gasteiger partial charge in [-0.1, -0.05) is 29.8 Å².